The number of halogens is 3. The molecule has 0 aliphatic rings. The third kappa shape index (κ3) is 3.32. The Morgan fingerprint density at radius 2 is 2.13 bits per heavy atom. The van der Waals surface area contributed by atoms with Crippen molar-refractivity contribution in [2.45, 2.75) is 26.8 Å². The molecule has 1 aromatic carbocycles. The molecule has 0 radical (unpaired) electrons. The largest absolute Gasteiger partial charge is 0.258 e. The maximum atomic E-state index is 13.3. The summed E-state index contributed by atoms with van der Waals surface area (Å²) in [6, 6.07) is 4.64. The summed E-state index contributed by atoms with van der Waals surface area (Å²) in [6.45, 7) is 4.68. The average molecular weight is 490 g/mol. The Kier molecular flexibility index (Phi) is 4.81. The van der Waals surface area contributed by atoms with Gasteiger partial charge in [-0.2, -0.15) is 10.2 Å². The zero-order valence-corrected chi connectivity index (χ0v) is 16.3. The molecule has 23 heavy (non-hydrogen) atoms. The van der Waals surface area contributed by atoms with E-state index in [1.165, 1.54) is 12.1 Å². The van der Waals surface area contributed by atoms with E-state index in [2.05, 4.69) is 53.7 Å². The second kappa shape index (κ2) is 6.68. The van der Waals surface area contributed by atoms with E-state index in [0.717, 1.165) is 31.8 Å². The summed E-state index contributed by atoms with van der Waals surface area (Å²) in [5.41, 5.74) is 1.86. The molecule has 120 valence electrons. The molecule has 0 atom stereocenters. The molecule has 0 aliphatic carbocycles. The number of hydrogen-bond donors (Lipinski definition) is 0. The van der Waals surface area contributed by atoms with Crippen LogP contribution in [0.4, 0.5) is 4.39 Å². The van der Waals surface area contributed by atoms with Crippen LogP contribution in [-0.2, 0) is 13.0 Å². The minimum atomic E-state index is -0.261. The van der Waals surface area contributed by atoms with Gasteiger partial charge in [0.2, 0.25) is 0 Å². The maximum Gasteiger partial charge on any atom is 0.148 e. The quantitative estimate of drug-likeness (QED) is 0.522. The molecule has 0 bridgehead atoms. The van der Waals surface area contributed by atoms with E-state index in [1.54, 1.807) is 10.7 Å². The zero-order chi connectivity index (χ0) is 16.6. The van der Waals surface area contributed by atoms with Gasteiger partial charge in [-0.25, -0.2) is 14.1 Å². The highest BCUT2D eigenvalue weighted by molar-refractivity contribution is 14.1. The minimum absolute atomic E-state index is 0.261. The van der Waals surface area contributed by atoms with Crippen molar-refractivity contribution in [2.24, 2.45) is 0 Å². The van der Waals surface area contributed by atoms with E-state index < -0.39 is 0 Å². The number of rotatable bonds is 4. The number of hydrogen-bond acceptors (Lipinski definition) is 3. The minimum Gasteiger partial charge on any atom is -0.258 e. The summed E-state index contributed by atoms with van der Waals surface area (Å²) in [4.78, 5) is 4.52. The SMILES string of the molecule is CCn1ncc(Cc2nc(C)nn2-c2ccc(F)cc2I)c1Br. The molecule has 2 aromatic heterocycles. The summed E-state index contributed by atoms with van der Waals surface area (Å²) in [7, 11) is 0. The molecule has 0 amide bonds. The number of aryl methyl sites for hydroxylation is 2. The highest BCUT2D eigenvalue weighted by Gasteiger charge is 2.16. The summed E-state index contributed by atoms with van der Waals surface area (Å²) < 4.78 is 18.7. The van der Waals surface area contributed by atoms with Gasteiger partial charge in [-0.15, -0.1) is 0 Å². The maximum absolute atomic E-state index is 13.3. The number of nitrogens with zero attached hydrogens (tertiary/aromatic N) is 5. The van der Waals surface area contributed by atoms with Gasteiger partial charge < -0.3 is 0 Å². The molecular weight excluding hydrogens is 476 g/mol. The van der Waals surface area contributed by atoms with Crippen LogP contribution in [0, 0.1) is 16.3 Å². The monoisotopic (exact) mass is 489 g/mol. The van der Waals surface area contributed by atoms with Crippen LogP contribution in [0.2, 0.25) is 0 Å². The fourth-order valence-electron chi connectivity index (χ4n) is 2.34. The Morgan fingerprint density at radius 3 is 2.78 bits per heavy atom. The predicted octanol–water partition coefficient (Wildman–Crippen LogP) is 3.89. The number of benzene rings is 1. The van der Waals surface area contributed by atoms with E-state index in [0.29, 0.717) is 12.2 Å². The third-order valence-electron chi connectivity index (χ3n) is 3.41. The molecule has 0 saturated heterocycles. The van der Waals surface area contributed by atoms with E-state index in [4.69, 9.17) is 0 Å². The number of aromatic nitrogens is 5. The van der Waals surface area contributed by atoms with Crippen LogP contribution in [0.3, 0.4) is 0 Å². The molecule has 2 heterocycles. The zero-order valence-electron chi connectivity index (χ0n) is 12.6. The lowest BCUT2D eigenvalue weighted by Crippen LogP contribution is -2.06. The fourth-order valence-corrected chi connectivity index (χ4v) is 3.63. The van der Waals surface area contributed by atoms with Gasteiger partial charge in [0.1, 0.15) is 22.1 Å². The molecule has 0 fully saturated rings. The van der Waals surface area contributed by atoms with E-state index in [9.17, 15) is 4.39 Å². The van der Waals surface area contributed by atoms with Gasteiger partial charge in [0.05, 0.1) is 11.9 Å². The molecule has 0 N–H and O–H groups in total. The van der Waals surface area contributed by atoms with Gasteiger partial charge in [-0.1, -0.05) is 0 Å². The van der Waals surface area contributed by atoms with Crippen LogP contribution in [0.5, 0.6) is 0 Å². The van der Waals surface area contributed by atoms with Crippen molar-refractivity contribution in [3.8, 4) is 5.69 Å². The molecule has 0 aliphatic heterocycles. The lowest BCUT2D eigenvalue weighted by atomic mass is 10.2. The summed E-state index contributed by atoms with van der Waals surface area (Å²) >= 11 is 5.68. The second-order valence-corrected chi connectivity index (χ2v) is 6.95. The van der Waals surface area contributed by atoms with Gasteiger partial charge in [-0.3, -0.25) is 4.68 Å². The average Bonchev–Trinajstić information content (AvgIpc) is 3.03. The van der Waals surface area contributed by atoms with Crippen molar-refractivity contribution in [1.82, 2.24) is 24.5 Å². The molecule has 0 unspecified atom stereocenters. The van der Waals surface area contributed by atoms with E-state index in [-0.39, 0.29) is 5.82 Å². The first-order valence-electron chi connectivity index (χ1n) is 7.07. The molecule has 3 aromatic rings. The van der Waals surface area contributed by atoms with Gasteiger partial charge in [0.25, 0.3) is 0 Å². The van der Waals surface area contributed by atoms with Crippen molar-refractivity contribution < 1.29 is 4.39 Å². The Balaban J connectivity index is 2.02. The summed E-state index contributed by atoms with van der Waals surface area (Å²) in [5.74, 6) is 1.21. The molecule has 5 nitrogen and oxygen atoms in total. The van der Waals surface area contributed by atoms with E-state index in [1.807, 2.05) is 24.7 Å². The Bertz CT molecular complexity index is 858. The van der Waals surface area contributed by atoms with Crippen LogP contribution in [0.25, 0.3) is 5.69 Å². The van der Waals surface area contributed by atoms with Gasteiger partial charge >= 0.3 is 0 Å². The van der Waals surface area contributed by atoms with Crippen LogP contribution in [0.15, 0.2) is 29.0 Å². The van der Waals surface area contributed by atoms with Crippen molar-refractivity contribution in [1.29, 1.82) is 0 Å². The second-order valence-electron chi connectivity index (χ2n) is 5.04. The first-order chi connectivity index (χ1) is 11.0. The van der Waals surface area contributed by atoms with Gasteiger partial charge in [-0.05, 0) is 70.6 Å². The lowest BCUT2D eigenvalue weighted by Gasteiger charge is -2.08. The van der Waals surface area contributed by atoms with Crippen LogP contribution in [-0.4, -0.2) is 24.5 Å². The van der Waals surface area contributed by atoms with Crippen molar-refractivity contribution in [3.05, 3.63) is 55.6 Å². The highest BCUT2D eigenvalue weighted by Crippen LogP contribution is 2.23. The Hall–Kier alpha value is -1.29. The topological polar surface area (TPSA) is 48.5 Å². The molecule has 3 rings (SSSR count). The first-order valence-corrected chi connectivity index (χ1v) is 8.95. The van der Waals surface area contributed by atoms with Crippen molar-refractivity contribution in [3.63, 3.8) is 0 Å². The van der Waals surface area contributed by atoms with Crippen molar-refractivity contribution >= 4 is 38.5 Å². The van der Waals surface area contributed by atoms with Crippen LogP contribution in [0.1, 0.15) is 24.1 Å². The predicted molar refractivity (Wildman–Crippen MR) is 97.2 cm³/mol. The summed E-state index contributed by atoms with van der Waals surface area (Å²) in [6.07, 6.45) is 2.42. The molecule has 0 saturated carbocycles. The highest BCUT2D eigenvalue weighted by atomic mass is 127. The van der Waals surface area contributed by atoms with Crippen LogP contribution >= 0.6 is 38.5 Å². The first kappa shape index (κ1) is 16.6. The standard InChI is InChI=1S/C15H14BrFIN5/c1-3-22-15(16)10(8-19-22)6-14-20-9(2)21-23(14)13-5-4-11(17)7-12(13)18/h4-5,7-8H,3,6H2,1-2H3. The van der Waals surface area contributed by atoms with Crippen molar-refractivity contribution in [2.75, 3.05) is 0 Å². The normalized spacial score (nSPS) is 11.2. The summed E-state index contributed by atoms with van der Waals surface area (Å²) in [5, 5.41) is 8.79. The molecule has 0 spiro atoms. The molecular formula is C15H14BrFIN5. The third-order valence-corrected chi connectivity index (χ3v) is 5.19. The van der Waals surface area contributed by atoms with Gasteiger partial charge in [0, 0.05) is 22.1 Å². The Labute approximate surface area is 155 Å². The van der Waals surface area contributed by atoms with E-state index >= 15 is 0 Å². The Morgan fingerprint density at radius 1 is 1.35 bits per heavy atom. The lowest BCUT2D eigenvalue weighted by molar-refractivity contribution is 0.625. The molecule has 8 heteroatoms. The fraction of sp³-hybridized carbons (Fsp3) is 0.267. The van der Waals surface area contributed by atoms with Crippen LogP contribution < -0.4 is 0 Å². The van der Waals surface area contributed by atoms with Gasteiger partial charge in [0.15, 0.2) is 0 Å². The smallest absolute Gasteiger partial charge is 0.148 e.